The topological polar surface area (TPSA) is 49.4 Å². The summed E-state index contributed by atoms with van der Waals surface area (Å²) in [5.74, 6) is -0.164. The van der Waals surface area contributed by atoms with E-state index in [9.17, 15) is 9.59 Å². The van der Waals surface area contributed by atoms with Gasteiger partial charge in [-0.3, -0.25) is 9.59 Å². The average Bonchev–Trinajstić information content (AvgIpc) is 2.85. The SMILES string of the molecule is C=C1c2ccccc2C(=O)N1CCC(=O)N[C@@H](C)c1ccccc1. The summed E-state index contributed by atoms with van der Waals surface area (Å²) in [5, 5.41) is 2.96. The quantitative estimate of drug-likeness (QED) is 0.918. The molecule has 0 aromatic heterocycles. The van der Waals surface area contributed by atoms with Gasteiger partial charge in [-0.2, -0.15) is 0 Å². The monoisotopic (exact) mass is 320 g/mol. The Bertz CT molecular complexity index is 748. The molecule has 1 aliphatic heterocycles. The molecule has 1 atom stereocenters. The Labute approximate surface area is 141 Å². The lowest BCUT2D eigenvalue weighted by atomic mass is 10.1. The minimum absolute atomic E-state index is 0.0617. The van der Waals surface area contributed by atoms with Crippen LogP contribution in [-0.2, 0) is 4.79 Å². The van der Waals surface area contributed by atoms with Crippen LogP contribution in [0.5, 0.6) is 0 Å². The zero-order valence-electron chi connectivity index (χ0n) is 13.7. The smallest absolute Gasteiger partial charge is 0.258 e. The summed E-state index contributed by atoms with van der Waals surface area (Å²) in [6, 6.07) is 17.1. The number of rotatable bonds is 5. The molecule has 0 unspecified atom stereocenters. The van der Waals surface area contributed by atoms with Crippen molar-refractivity contribution in [3.8, 4) is 0 Å². The zero-order chi connectivity index (χ0) is 17.1. The maximum Gasteiger partial charge on any atom is 0.258 e. The van der Waals surface area contributed by atoms with Gasteiger partial charge in [0, 0.05) is 29.8 Å². The number of nitrogens with zero attached hydrogens (tertiary/aromatic N) is 1. The molecule has 1 aliphatic rings. The lowest BCUT2D eigenvalue weighted by molar-refractivity contribution is -0.121. The van der Waals surface area contributed by atoms with Crippen molar-refractivity contribution in [1.29, 1.82) is 0 Å². The van der Waals surface area contributed by atoms with Gasteiger partial charge in [-0.15, -0.1) is 0 Å². The third-order valence-corrected chi connectivity index (χ3v) is 4.28. The Morgan fingerprint density at radius 2 is 1.71 bits per heavy atom. The van der Waals surface area contributed by atoms with Crippen molar-refractivity contribution in [3.63, 3.8) is 0 Å². The van der Waals surface area contributed by atoms with Crippen LogP contribution in [-0.4, -0.2) is 23.3 Å². The van der Waals surface area contributed by atoms with Crippen LogP contribution < -0.4 is 5.32 Å². The number of carbonyl (C=O) groups excluding carboxylic acids is 2. The second-order valence-electron chi connectivity index (χ2n) is 5.90. The van der Waals surface area contributed by atoms with E-state index in [1.165, 1.54) is 0 Å². The van der Waals surface area contributed by atoms with Gasteiger partial charge >= 0.3 is 0 Å². The number of benzene rings is 2. The Hall–Kier alpha value is -2.88. The molecule has 3 rings (SSSR count). The fourth-order valence-electron chi connectivity index (χ4n) is 2.92. The average molecular weight is 320 g/mol. The first-order valence-corrected chi connectivity index (χ1v) is 8.02. The third kappa shape index (κ3) is 3.08. The molecule has 0 saturated heterocycles. The van der Waals surface area contributed by atoms with Crippen molar-refractivity contribution in [2.24, 2.45) is 0 Å². The summed E-state index contributed by atoms with van der Waals surface area (Å²) in [6.45, 7) is 6.27. The molecule has 0 spiro atoms. The molecular weight excluding hydrogens is 300 g/mol. The normalized spacial score (nSPS) is 14.5. The van der Waals surface area contributed by atoms with Crippen LogP contribution in [0.3, 0.4) is 0 Å². The van der Waals surface area contributed by atoms with E-state index in [4.69, 9.17) is 0 Å². The minimum Gasteiger partial charge on any atom is -0.350 e. The van der Waals surface area contributed by atoms with Gasteiger partial charge in [-0.1, -0.05) is 55.1 Å². The maximum atomic E-state index is 12.4. The standard InChI is InChI=1S/C20H20N2O2/c1-14(16-8-4-3-5-9-16)21-19(23)12-13-22-15(2)17-10-6-7-11-18(17)20(22)24/h3-11,14H,2,12-13H2,1H3,(H,21,23)/t14-/m0/s1. The van der Waals surface area contributed by atoms with Crippen LogP contribution in [0.15, 0.2) is 61.2 Å². The Kier molecular flexibility index (Phi) is 4.47. The van der Waals surface area contributed by atoms with Crippen molar-refractivity contribution in [2.75, 3.05) is 6.54 Å². The number of hydrogen-bond acceptors (Lipinski definition) is 2. The van der Waals surface area contributed by atoms with Gasteiger partial charge in [0.2, 0.25) is 5.91 Å². The summed E-state index contributed by atoms with van der Waals surface area (Å²) < 4.78 is 0. The third-order valence-electron chi connectivity index (χ3n) is 4.28. The van der Waals surface area contributed by atoms with E-state index in [1.807, 2.05) is 55.5 Å². The molecule has 122 valence electrons. The highest BCUT2D eigenvalue weighted by molar-refractivity contribution is 6.08. The number of amides is 2. The fraction of sp³-hybridized carbons (Fsp3) is 0.200. The molecule has 0 fully saturated rings. The minimum atomic E-state index is -0.0838. The summed E-state index contributed by atoms with van der Waals surface area (Å²) in [5.41, 5.74) is 3.22. The molecule has 1 N–H and O–H groups in total. The van der Waals surface area contributed by atoms with Gasteiger partial charge in [0.25, 0.3) is 5.91 Å². The van der Waals surface area contributed by atoms with Gasteiger partial charge in [-0.05, 0) is 18.6 Å². The first kappa shape index (κ1) is 16.0. The first-order valence-electron chi connectivity index (χ1n) is 8.02. The molecule has 24 heavy (non-hydrogen) atoms. The Morgan fingerprint density at radius 1 is 1.08 bits per heavy atom. The van der Waals surface area contributed by atoms with Crippen molar-refractivity contribution in [3.05, 3.63) is 77.9 Å². The van der Waals surface area contributed by atoms with Gasteiger partial charge in [0.15, 0.2) is 0 Å². The molecule has 1 heterocycles. The van der Waals surface area contributed by atoms with Crippen LogP contribution in [0.4, 0.5) is 0 Å². The summed E-state index contributed by atoms with van der Waals surface area (Å²) in [7, 11) is 0. The number of hydrogen-bond donors (Lipinski definition) is 1. The van der Waals surface area contributed by atoms with E-state index in [0.29, 0.717) is 17.8 Å². The summed E-state index contributed by atoms with van der Waals surface area (Å²) in [6.07, 6.45) is 0.246. The molecule has 0 radical (unpaired) electrons. The highest BCUT2D eigenvalue weighted by Gasteiger charge is 2.30. The number of carbonyl (C=O) groups is 2. The van der Waals surface area contributed by atoms with E-state index < -0.39 is 0 Å². The largest absolute Gasteiger partial charge is 0.350 e. The van der Waals surface area contributed by atoms with Crippen LogP contribution in [0, 0.1) is 0 Å². The fourth-order valence-corrected chi connectivity index (χ4v) is 2.92. The highest BCUT2D eigenvalue weighted by atomic mass is 16.2. The molecule has 0 bridgehead atoms. The molecular formula is C20H20N2O2. The van der Waals surface area contributed by atoms with Crippen molar-refractivity contribution in [1.82, 2.24) is 10.2 Å². The van der Waals surface area contributed by atoms with Gasteiger partial charge < -0.3 is 10.2 Å². The Balaban J connectivity index is 1.58. The predicted octanol–water partition coefficient (Wildman–Crippen LogP) is 3.38. The maximum absolute atomic E-state index is 12.4. The lowest BCUT2D eigenvalue weighted by Gasteiger charge is -2.19. The van der Waals surface area contributed by atoms with Crippen LogP contribution in [0.25, 0.3) is 5.70 Å². The number of fused-ring (bicyclic) bond motifs is 1. The molecule has 4 heteroatoms. The molecule has 2 aromatic rings. The van der Waals surface area contributed by atoms with E-state index in [0.717, 1.165) is 11.1 Å². The summed E-state index contributed by atoms with van der Waals surface area (Å²) in [4.78, 5) is 26.2. The van der Waals surface area contributed by atoms with E-state index in [-0.39, 0.29) is 24.3 Å². The highest BCUT2D eigenvalue weighted by Crippen LogP contribution is 2.31. The van der Waals surface area contributed by atoms with Crippen LogP contribution >= 0.6 is 0 Å². The molecule has 2 amide bonds. The van der Waals surface area contributed by atoms with Crippen molar-refractivity contribution < 1.29 is 9.59 Å². The van der Waals surface area contributed by atoms with Gasteiger partial charge in [-0.25, -0.2) is 0 Å². The van der Waals surface area contributed by atoms with Crippen molar-refractivity contribution in [2.45, 2.75) is 19.4 Å². The van der Waals surface area contributed by atoms with E-state index in [2.05, 4.69) is 11.9 Å². The molecule has 0 saturated carbocycles. The first-order chi connectivity index (χ1) is 11.6. The second-order valence-corrected chi connectivity index (χ2v) is 5.90. The zero-order valence-corrected chi connectivity index (χ0v) is 13.7. The van der Waals surface area contributed by atoms with Gasteiger partial charge in [0.05, 0.1) is 6.04 Å². The van der Waals surface area contributed by atoms with Crippen LogP contribution in [0.1, 0.15) is 40.9 Å². The second kappa shape index (κ2) is 6.71. The Morgan fingerprint density at radius 3 is 2.38 bits per heavy atom. The summed E-state index contributed by atoms with van der Waals surface area (Å²) >= 11 is 0. The van der Waals surface area contributed by atoms with Crippen LogP contribution in [0.2, 0.25) is 0 Å². The molecule has 0 aliphatic carbocycles. The predicted molar refractivity (Wildman–Crippen MR) is 94.1 cm³/mol. The van der Waals surface area contributed by atoms with Crippen molar-refractivity contribution >= 4 is 17.5 Å². The lowest BCUT2D eigenvalue weighted by Crippen LogP contribution is -2.32. The van der Waals surface area contributed by atoms with E-state index >= 15 is 0 Å². The van der Waals surface area contributed by atoms with E-state index in [1.54, 1.807) is 11.0 Å². The molecule has 2 aromatic carbocycles. The molecule has 4 nitrogen and oxygen atoms in total. The number of nitrogens with one attached hydrogen (secondary N) is 1. The van der Waals surface area contributed by atoms with Gasteiger partial charge in [0.1, 0.15) is 0 Å².